The maximum absolute atomic E-state index is 12.2. The highest BCUT2D eigenvalue weighted by Crippen LogP contribution is 2.16. The molecule has 0 radical (unpaired) electrons. The molecule has 0 aliphatic carbocycles. The summed E-state index contributed by atoms with van der Waals surface area (Å²) in [6.07, 6.45) is 0. The lowest BCUT2D eigenvalue weighted by Crippen LogP contribution is -2.28. The lowest BCUT2D eigenvalue weighted by molar-refractivity contribution is 0.251. The molecule has 9 nitrogen and oxygen atoms in total. The zero-order valence-corrected chi connectivity index (χ0v) is 18.8. The van der Waals surface area contributed by atoms with Crippen LogP contribution in [0.4, 0.5) is 26.7 Å². The Morgan fingerprint density at radius 1 is 0.727 bits per heavy atom. The number of anilines is 3. The minimum Gasteiger partial charge on any atom is -0.334 e. The van der Waals surface area contributed by atoms with E-state index in [1.807, 2.05) is 18.2 Å². The van der Waals surface area contributed by atoms with Crippen molar-refractivity contribution < 1.29 is 18.0 Å². The fourth-order valence-corrected chi connectivity index (χ4v) is 3.95. The van der Waals surface area contributed by atoms with Crippen LogP contribution in [-0.4, -0.2) is 27.0 Å². The van der Waals surface area contributed by atoms with Gasteiger partial charge in [0.1, 0.15) is 0 Å². The Hall–Kier alpha value is -3.89. The second kappa shape index (κ2) is 11.1. The van der Waals surface area contributed by atoms with Gasteiger partial charge in [0, 0.05) is 30.2 Å². The minimum atomic E-state index is -3.51. The van der Waals surface area contributed by atoms with E-state index in [1.165, 1.54) is 12.1 Å². The Balaban J connectivity index is 1.51. The van der Waals surface area contributed by atoms with Crippen molar-refractivity contribution >= 4 is 39.1 Å². The SMILES string of the molecule is CCNS(=O)(=O)c1ccc(CNC(=O)Nc2cccc(NC(=O)Nc3ccccc3)c2)cc1. The van der Waals surface area contributed by atoms with E-state index in [4.69, 9.17) is 0 Å². The quantitative estimate of drug-likeness (QED) is 0.344. The largest absolute Gasteiger partial charge is 0.334 e. The molecule has 3 aromatic carbocycles. The first-order valence-corrected chi connectivity index (χ1v) is 11.7. The van der Waals surface area contributed by atoms with Crippen molar-refractivity contribution in [2.45, 2.75) is 18.4 Å². The van der Waals surface area contributed by atoms with Gasteiger partial charge in [0.05, 0.1) is 4.90 Å². The van der Waals surface area contributed by atoms with Crippen molar-refractivity contribution in [3.8, 4) is 0 Å². The van der Waals surface area contributed by atoms with Crippen molar-refractivity contribution in [2.75, 3.05) is 22.5 Å². The van der Waals surface area contributed by atoms with E-state index in [-0.39, 0.29) is 11.4 Å². The van der Waals surface area contributed by atoms with E-state index in [9.17, 15) is 18.0 Å². The van der Waals surface area contributed by atoms with Crippen LogP contribution < -0.4 is 26.0 Å². The second-order valence-electron chi connectivity index (χ2n) is 6.98. The van der Waals surface area contributed by atoms with Gasteiger partial charge < -0.3 is 21.3 Å². The molecule has 0 saturated heterocycles. The highest BCUT2D eigenvalue weighted by molar-refractivity contribution is 7.89. The van der Waals surface area contributed by atoms with E-state index in [0.29, 0.717) is 23.6 Å². The van der Waals surface area contributed by atoms with Crippen molar-refractivity contribution in [3.63, 3.8) is 0 Å². The maximum Gasteiger partial charge on any atom is 0.323 e. The molecule has 5 N–H and O–H groups in total. The number of carbonyl (C=O) groups is 2. The van der Waals surface area contributed by atoms with Crippen LogP contribution in [0.25, 0.3) is 0 Å². The van der Waals surface area contributed by atoms with Crippen molar-refractivity contribution in [3.05, 3.63) is 84.4 Å². The van der Waals surface area contributed by atoms with Crippen LogP contribution >= 0.6 is 0 Å². The topological polar surface area (TPSA) is 128 Å². The number of urea groups is 2. The summed E-state index contributed by atoms with van der Waals surface area (Å²) in [5.74, 6) is 0. The normalized spacial score (nSPS) is 10.8. The maximum atomic E-state index is 12.2. The Bertz CT molecular complexity index is 1200. The summed E-state index contributed by atoms with van der Waals surface area (Å²) in [7, 11) is -3.51. The Labute approximate surface area is 192 Å². The molecule has 0 aromatic heterocycles. The van der Waals surface area contributed by atoms with Gasteiger partial charge in [0.2, 0.25) is 10.0 Å². The molecule has 33 heavy (non-hydrogen) atoms. The van der Waals surface area contributed by atoms with Crippen LogP contribution in [0.2, 0.25) is 0 Å². The number of benzene rings is 3. The van der Waals surface area contributed by atoms with E-state index < -0.39 is 22.1 Å². The third-order valence-corrected chi connectivity index (χ3v) is 5.99. The number of hydrogen-bond donors (Lipinski definition) is 5. The molecule has 0 atom stereocenters. The Kier molecular flexibility index (Phi) is 8.01. The lowest BCUT2D eigenvalue weighted by atomic mass is 10.2. The van der Waals surface area contributed by atoms with Crippen LogP contribution in [0.3, 0.4) is 0 Å². The third-order valence-electron chi connectivity index (χ3n) is 4.43. The number of nitrogens with one attached hydrogen (secondary N) is 5. The highest BCUT2D eigenvalue weighted by Gasteiger charge is 2.12. The predicted octanol–water partition coefficient (Wildman–Crippen LogP) is 3.95. The van der Waals surface area contributed by atoms with Gasteiger partial charge in [-0.15, -0.1) is 0 Å². The van der Waals surface area contributed by atoms with Gasteiger partial charge in [-0.1, -0.05) is 43.3 Å². The Morgan fingerprint density at radius 3 is 1.94 bits per heavy atom. The third kappa shape index (κ3) is 7.34. The van der Waals surface area contributed by atoms with E-state index in [2.05, 4.69) is 26.0 Å². The molecule has 0 spiro atoms. The summed E-state index contributed by atoms with van der Waals surface area (Å²) in [4.78, 5) is 24.5. The van der Waals surface area contributed by atoms with Crippen LogP contribution in [-0.2, 0) is 16.6 Å². The number of amides is 4. The summed E-state index contributed by atoms with van der Waals surface area (Å²) in [6.45, 7) is 2.23. The number of para-hydroxylation sites is 1. The van der Waals surface area contributed by atoms with Crippen molar-refractivity contribution in [1.82, 2.24) is 10.0 Å². The highest BCUT2D eigenvalue weighted by atomic mass is 32.2. The lowest BCUT2D eigenvalue weighted by Gasteiger charge is -2.11. The van der Waals surface area contributed by atoms with Gasteiger partial charge in [-0.2, -0.15) is 0 Å². The molecule has 3 aromatic rings. The first-order valence-electron chi connectivity index (χ1n) is 10.2. The summed E-state index contributed by atoms with van der Waals surface area (Å²) < 4.78 is 26.4. The average molecular weight is 468 g/mol. The summed E-state index contributed by atoms with van der Waals surface area (Å²) >= 11 is 0. The van der Waals surface area contributed by atoms with Gasteiger partial charge in [-0.05, 0) is 48.0 Å². The van der Waals surface area contributed by atoms with Crippen LogP contribution in [0.5, 0.6) is 0 Å². The molecule has 10 heteroatoms. The fourth-order valence-electron chi connectivity index (χ4n) is 2.91. The van der Waals surface area contributed by atoms with Crippen LogP contribution in [0, 0.1) is 0 Å². The van der Waals surface area contributed by atoms with Gasteiger partial charge >= 0.3 is 12.1 Å². The van der Waals surface area contributed by atoms with E-state index in [0.717, 1.165) is 5.56 Å². The molecule has 3 rings (SSSR count). The van der Waals surface area contributed by atoms with Gasteiger partial charge in [0.25, 0.3) is 0 Å². The molecule has 0 heterocycles. The second-order valence-corrected chi connectivity index (χ2v) is 8.75. The number of sulfonamides is 1. The molecule has 0 fully saturated rings. The monoisotopic (exact) mass is 467 g/mol. The number of hydrogen-bond acceptors (Lipinski definition) is 4. The first-order chi connectivity index (χ1) is 15.9. The van der Waals surface area contributed by atoms with Gasteiger partial charge in [-0.25, -0.2) is 22.7 Å². The van der Waals surface area contributed by atoms with Crippen molar-refractivity contribution in [1.29, 1.82) is 0 Å². The van der Waals surface area contributed by atoms with Crippen LogP contribution in [0.1, 0.15) is 12.5 Å². The van der Waals surface area contributed by atoms with E-state index >= 15 is 0 Å². The molecule has 0 unspecified atom stereocenters. The molecule has 4 amide bonds. The molecular weight excluding hydrogens is 442 g/mol. The van der Waals surface area contributed by atoms with Crippen molar-refractivity contribution in [2.24, 2.45) is 0 Å². The van der Waals surface area contributed by atoms with Crippen LogP contribution in [0.15, 0.2) is 83.8 Å². The molecule has 0 aliphatic heterocycles. The molecule has 0 aliphatic rings. The number of carbonyl (C=O) groups excluding carboxylic acids is 2. The standard InChI is InChI=1S/C23H25N5O4S/c1-2-25-33(31,32)21-13-11-17(12-14-21)16-24-22(29)27-19-9-6-10-20(15-19)28-23(30)26-18-7-4-3-5-8-18/h3-15,25H,2,16H2,1H3,(H2,24,27,29)(H2,26,28,30). The smallest absolute Gasteiger partial charge is 0.323 e. The summed E-state index contributed by atoms with van der Waals surface area (Å²) in [5, 5.41) is 10.8. The fraction of sp³-hybridized carbons (Fsp3) is 0.130. The zero-order valence-electron chi connectivity index (χ0n) is 18.0. The molecule has 0 bridgehead atoms. The van der Waals surface area contributed by atoms with Gasteiger partial charge in [-0.3, -0.25) is 0 Å². The average Bonchev–Trinajstić information content (AvgIpc) is 2.79. The molecule has 172 valence electrons. The Morgan fingerprint density at radius 2 is 1.30 bits per heavy atom. The minimum absolute atomic E-state index is 0.165. The summed E-state index contributed by atoms with van der Waals surface area (Å²) in [5.41, 5.74) is 2.42. The zero-order chi connectivity index (χ0) is 23.7. The van der Waals surface area contributed by atoms with Gasteiger partial charge in [0.15, 0.2) is 0 Å². The van der Waals surface area contributed by atoms with E-state index in [1.54, 1.807) is 55.5 Å². The molecule has 0 saturated carbocycles. The number of rotatable bonds is 8. The first kappa shape index (κ1) is 23.8. The summed E-state index contributed by atoms with van der Waals surface area (Å²) in [6, 6.07) is 21.2. The molecular formula is C23H25N5O4S. The predicted molar refractivity (Wildman–Crippen MR) is 129 cm³/mol.